The summed E-state index contributed by atoms with van der Waals surface area (Å²) in [4.78, 5) is 0. The highest BCUT2D eigenvalue weighted by atomic mass is 16.3. The third kappa shape index (κ3) is 1.65. The van der Waals surface area contributed by atoms with Crippen molar-refractivity contribution in [3.8, 4) is 0 Å². The van der Waals surface area contributed by atoms with Gasteiger partial charge in [-0.2, -0.15) is 0 Å². The summed E-state index contributed by atoms with van der Waals surface area (Å²) in [5, 5.41) is 12.1. The van der Waals surface area contributed by atoms with Crippen LogP contribution in [0.15, 0.2) is 30.3 Å². The van der Waals surface area contributed by atoms with Crippen LogP contribution in [-0.4, -0.2) is 11.7 Å². The van der Waals surface area contributed by atoms with Crippen molar-refractivity contribution in [3.63, 3.8) is 0 Å². The van der Waals surface area contributed by atoms with Crippen LogP contribution < -0.4 is 0 Å². The Hall–Kier alpha value is -1.34. The smallest absolute Gasteiger partial charge is 0.0439 e. The molecule has 0 radical (unpaired) electrons. The van der Waals surface area contributed by atoms with Gasteiger partial charge in [-0.15, -0.1) is 0 Å². The second kappa shape index (κ2) is 4.10. The summed E-state index contributed by atoms with van der Waals surface area (Å²) in [5.74, 6) is 0. The first-order chi connectivity index (χ1) is 8.63. The minimum atomic E-state index is 0.0362. The molecule has 0 aromatic heterocycles. The summed E-state index contributed by atoms with van der Waals surface area (Å²) in [6, 6.07) is 11.2. The molecule has 3 rings (SSSR count). The predicted molar refractivity (Wildman–Crippen MR) is 76.1 cm³/mol. The van der Waals surface area contributed by atoms with Gasteiger partial charge in [-0.05, 0) is 52.1 Å². The summed E-state index contributed by atoms with van der Waals surface area (Å²) in [7, 11) is 0. The van der Waals surface area contributed by atoms with Gasteiger partial charge < -0.3 is 5.11 Å². The van der Waals surface area contributed by atoms with Crippen LogP contribution in [-0.2, 0) is 18.3 Å². The Morgan fingerprint density at radius 1 is 1.06 bits per heavy atom. The van der Waals surface area contributed by atoms with Gasteiger partial charge >= 0.3 is 0 Å². The van der Waals surface area contributed by atoms with Crippen LogP contribution >= 0.6 is 0 Å². The Morgan fingerprint density at radius 2 is 1.78 bits per heavy atom. The van der Waals surface area contributed by atoms with Gasteiger partial charge in [0.05, 0.1) is 0 Å². The molecule has 0 heterocycles. The van der Waals surface area contributed by atoms with E-state index < -0.39 is 0 Å². The molecular formula is C17H20O. The van der Waals surface area contributed by atoms with Gasteiger partial charge in [-0.3, -0.25) is 0 Å². The highest BCUT2D eigenvalue weighted by Crippen LogP contribution is 2.38. The van der Waals surface area contributed by atoms with Crippen LogP contribution in [0, 0.1) is 0 Å². The van der Waals surface area contributed by atoms with Crippen molar-refractivity contribution >= 4 is 10.8 Å². The molecule has 0 saturated carbocycles. The highest BCUT2D eigenvalue weighted by Gasteiger charge is 2.24. The number of rotatable bonds is 3. The van der Waals surface area contributed by atoms with E-state index in [1.54, 1.807) is 0 Å². The Balaban J connectivity index is 2.27. The molecule has 18 heavy (non-hydrogen) atoms. The van der Waals surface area contributed by atoms with Crippen LogP contribution in [0.5, 0.6) is 0 Å². The van der Waals surface area contributed by atoms with Gasteiger partial charge in [0.2, 0.25) is 0 Å². The second-order valence-corrected chi connectivity index (χ2v) is 5.97. The summed E-state index contributed by atoms with van der Waals surface area (Å²) in [6.45, 7) is 4.69. The van der Waals surface area contributed by atoms with Gasteiger partial charge in [-0.25, -0.2) is 0 Å². The van der Waals surface area contributed by atoms with Crippen molar-refractivity contribution in [1.29, 1.82) is 0 Å². The van der Waals surface area contributed by atoms with E-state index in [4.69, 9.17) is 0 Å². The lowest BCUT2D eigenvalue weighted by Crippen LogP contribution is -2.19. The van der Waals surface area contributed by atoms with Gasteiger partial charge in [0, 0.05) is 6.61 Å². The number of aryl methyl sites for hydroxylation is 2. The molecule has 2 aromatic rings. The lowest BCUT2D eigenvalue weighted by Gasteiger charge is -2.26. The third-order valence-corrected chi connectivity index (χ3v) is 4.34. The molecule has 1 heteroatoms. The van der Waals surface area contributed by atoms with Gasteiger partial charge in [-0.1, -0.05) is 44.2 Å². The first-order valence-corrected chi connectivity index (χ1v) is 6.78. The fourth-order valence-corrected chi connectivity index (χ4v) is 3.25. The minimum absolute atomic E-state index is 0.0362. The van der Waals surface area contributed by atoms with E-state index >= 15 is 0 Å². The summed E-state index contributed by atoms with van der Waals surface area (Å²) in [6.07, 6.45) is 3.17. The second-order valence-electron chi connectivity index (χ2n) is 5.97. The topological polar surface area (TPSA) is 20.2 Å². The number of hydrogen-bond donors (Lipinski definition) is 1. The molecule has 0 saturated heterocycles. The molecule has 2 aromatic carbocycles. The molecule has 1 aliphatic carbocycles. The van der Waals surface area contributed by atoms with Gasteiger partial charge in [0.1, 0.15) is 0 Å². The minimum Gasteiger partial charge on any atom is -0.396 e. The van der Waals surface area contributed by atoms with Crippen LogP contribution in [0.2, 0.25) is 0 Å². The molecule has 1 N–H and O–H groups in total. The summed E-state index contributed by atoms with van der Waals surface area (Å²) in [5.41, 5.74) is 4.39. The van der Waals surface area contributed by atoms with Crippen molar-refractivity contribution in [2.24, 2.45) is 0 Å². The number of aliphatic hydroxyl groups is 1. The van der Waals surface area contributed by atoms with Gasteiger partial charge in [0.15, 0.2) is 0 Å². The monoisotopic (exact) mass is 240 g/mol. The third-order valence-electron chi connectivity index (χ3n) is 4.34. The zero-order valence-electron chi connectivity index (χ0n) is 11.2. The number of benzene rings is 2. The van der Waals surface area contributed by atoms with E-state index in [1.165, 1.54) is 40.3 Å². The summed E-state index contributed by atoms with van der Waals surface area (Å²) >= 11 is 0. The van der Waals surface area contributed by atoms with Crippen molar-refractivity contribution in [1.82, 2.24) is 0 Å². The SMILES string of the molecule is CC(C)(CCO)c1ccc2c3c(cccc13)CC2. The van der Waals surface area contributed by atoms with Crippen molar-refractivity contribution in [3.05, 3.63) is 47.0 Å². The van der Waals surface area contributed by atoms with E-state index in [1.807, 2.05) is 0 Å². The average Bonchev–Trinajstić information content (AvgIpc) is 2.75. The molecule has 0 spiro atoms. The molecule has 0 amide bonds. The lowest BCUT2D eigenvalue weighted by molar-refractivity contribution is 0.253. The molecular weight excluding hydrogens is 220 g/mol. The standard InChI is InChI=1S/C17H20O/c1-17(2,10-11-18)15-9-8-13-7-6-12-4-3-5-14(15)16(12)13/h3-5,8-9,18H,6-7,10-11H2,1-2H3. The van der Waals surface area contributed by atoms with E-state index in [9.17, 15) is 5.11 Å². The fraction of sp³-hybridized carbons (Fsp3) is 0.412. The molecule has 1 aliphatic rings. The fourth-order valence-electron chi connectivity index (χ4n) is 3.25. The lowest BCUT2D eigenvalue weighted by atomic mass is 9.79. The van der Waals surface area contributed by atoms with Crippen LogP contribution in [0.1, 0.15) is 37.0 Å². The molecule has 0 atom stereocenters. The van der Waals surface area contributed by atoms with Crippen molar-refractivity contribution in [2.75, 3.05) is 6.61 Å². The maximum atomic E-state index is 9.26. The molecule has 1 nitrogen and oxygen atoms in total. The maximum absolute atomic E-state index is 9.26. The molecule has 94 valence electrons. The number of aliphatic hydroxyl groups excluding tert-OH is 1. The van der Waals surface area contributed by atoms with E-state index in [0.717, 1.165) is 6.42 Å². The summed E-state index contributed by atoms with van der Waals surface area (Å²) < 4.78 is 0. The zero-order chi connectivity index (χ0) is 12.8. The van der Waals surface area contributed by atoms with Crippen LogP contribution in [0.25, 0.3) is 10.8 Å². The zero-order valence-corrected chi connectivity index (χ0v) is 11.2. The Bertz CT molecular complexity index is 586. The normalized spacial score (nSPS) is 14.4. The average molecular weight is 240 g/mol. The largest absolute Gasteiger partial charge is 0.396 e. The Labute approximate surface area is 108 Å². The van der Waals surface area contributed by atoms with Crippen molar-refractivity contribution < 1.29 is 5.11 Å². The van der Waals surface area contributed by atoms with Crippen LogP contribution in [0.3, 0.4) is 0 Å². The Kier molecular flexibility index (Phi) is 2.67. The molecule has 0 unspecified atom stereocenters. The Morgan fingerprint density at radius 3 is 2.50 bits per heavy atom. The van der Waals surface area contributed by atoms with E-state index in [2.05, 4.69) is 44.2 Å². The quantitative estimate of drug-likeness (QED) is 0.869. The van der Waals surface area contributed by atoms with Gasteiger partial charge in [0.25, 0.3) is 0 Å². The molecule has 0 bridgehead atoms. The van der Waals surface area contributed by atoms with E-state index in [-0.39, 0.29) is 12.0 Å². The first-order valence-electron chi connectivity index (χ1n) is 6.78. The highest BCUT2D eigenvalue weighted by molar-refractivity contribution is 5.93. The number of hydrogen-bond acceptors (Lipinski definition) is 1. The van der Waals surface area contributed by atoms with Crippen molar-refractivity contribution in [2.45, 2.75) is 38.5 Å². The molecule has 0 aliphatic heterocycles. The van der Waals surface area contributed by atoms with E-state index in [0.29, 0.717) is 0 Å². The molecule has 0 fully saturated rings. The first kappa shape index (κ1) is 11.7. The predicted octanol–water partition coefficient (Wildman–Crippen LogP) is 3.60. The van der Waals surface area contributed by atoms with Crippen LogP contribution in [0.4, 0.5) is 0 Å². The maximum Gasteiger partial charge on any atom is 0.0439 e.